The van der Waals surface area contributed by atoms with E-state index in [2.05, 4.69) is 10.9 Å². The molecule has 2 aromatic rings. The Labute approximate surface area is 154 Å². The molecule has 0 fully saturated rings. The number of nitrogens with zero attached hydrogens (tertiary/aromatic N) is 1. The molecule has 0 saturated heterocycles. The normalized spacial score (nSPS) is 10.1. The molecule has 0 spiro atoms. The largest absolute Gasteiger partial charge is 0.484 e. The number of hydrogen-bond donors (Lipinski definition) is 2. The lowest BCUT2D eigenvalue weighted by atomic mass is 10.2. The number of benzene rings is 2. The van der Waals surface area contributed by atoms with Crippen molar-refractivity contribution in [2.24, 2.45) is 0 Å². The summed E-state index contributed by atoms with van der Waals surface area (Å²) in [6.45, 7) is 1.62. The number of thioether (sulfide) groups is 1. The number of carbonyl (C=O) groups excluding carboxylic acids is 2. The van der Waals surface area contributed by atoms with Gasteiger partial charge in [-0.05, 0) is 43.0 Å². The van der Waals surface area contributed by atoms with Gasteiger partial charge in [-0.2, -0.15) is 0 Å². The molecule has 8 nitrogen and oxygen atoms in total. The fourth-order valence-corrected chi connectivity index (χ4v) is 2.61. The number of aryl methyl sites for hydroxylation is 1. The SMILES string of the molecule is CSc1ccc(C(=O)NNC(=O)COc2cccc(C)c2)cc1[N+](=O)[O-]. The third kappa shape index (κ3) is 5.21. The Hall–Kier alpha value is -3.07. The van der Waals surface area contributed by atoms with E-state index < -0.39 is 16.7 Å². The molecule has 0 aliphatic carbocycles. The molecule has 0 aromatic heterocycles. The van der Waals surface area contributed by atoms with Crippen LogP contribution in [0.25, 0.3) is 0 Å². The van der Waals surface area contributed by atoms with Gasteiger partial charge in [0.2, 0.25) is 0 Å². The Morgan fingerprint density at radius 1 is 1.19 bits per heavy atom. The van der Waals surface area contributed by atoms with Crippen LogP contribution in [-0.4, -0.2) is 29.6 Å². The lowest BCUT2D eigenvalue weighted by Crippen LogP contribution is -2.43. The van der Waals surface area contributed by atoms with Crippen molar-refractivity contribution in [3.8, 4) is 5.75 Å². The zero-order valence-electron chi connectivity index (χ0n) is 14.1. The molecule has 9 heteroatoms. The average Bonchev–Trinajstić information content (AvgIpc) is 2.63. The van der Waals surface area contributed by atoms with Crippen LogP contribution < -0.4 is 15.6 Å². The van der Waals surface area contributed by atoms with Crippen molar-refractivity contribution in [2.45, 2.75) is 11.8 Å². The molecule has 0 heterocycles. The lowest BCUT2D eigenvalue weighted by molar-refractivity contribution is -0.387. The molecule has 2 N–H and O–H groups in total. The highest BCUT2D eigenvalue weighted by Gasteiger charge is 2.17. The average molecular weight is 375 g/mol. The maximum atomic E-state index is 12.0. The van der Waals surface area contributed by atoms with Gasteiger partial charge < -0.3 is 4.74 Å². The van der Waals surface area contributed by atoms with Crippen LogP contribution in [0.4, 0.5) is 5.69 Å². The van der Waals surface area contributed by atoms with Gasteiger partial charge in [-0.3, -0.25) is 30.6 Å². The number of amides is 2. The molecule has 0 aliphatic rings. The van der Waals surface area contributed by atoms with Crippen LogP contribution in [0.15, 0.2) is 47.4 Å². The molecule has 136 valence electrons. The van der Waals surface area contributed by atoms with Crippen molar-refractivity contribution < 1.29 is 19.2 Å². The van der Waals surface area contributed by atoms with Gasteiger partial charge in [0.25, 0.3) is 17.5 Å². The van der Waals surface area contributed by atoms with Crippen molar-refractivity contribution >= 4 is 29.3 Å². The highest BCUT2D eigenvalue weighted by atomic mass is 32.2. The Bertz CT molecular complexity index is 841. The number of rotatable bonds is 6. The lowest BCUT2D eigenvalue weighted by Gasteiger charge is -2.09. The summed E-state index contributed by atoms with van der Waals surface area (Å²) in [7, 11) is 0. The molecular formula is C17H17N3O5S. The van der Waals surface area contributed by atoms with Gasteiger partial charge >= 0.3 is 0 Å². The summed E-state index contributed by atoms with van der Waals surface area (Å²) >= 11 is 1.21. The quantitative estimate of drug-likeness (QED) is 0.456. The van der Waals surface area contributed by atoms with Gasteiger partial charge in [-0.1, -0.05) is 12.1 Å². The van der Waals surface area contributed by atoms with Crippen LogP contribution in [0.1, 0.15) is 15.9 Å². The molecule has 0 bridgehead atoms. The molecule has 0 atom stereocenters. The smallest absolute Gasteiger partial charge is 0.283 e. The number of hydrogen-bond acceptors (Lipinski definition) is 6. The summed E-state index contributed by atoms with van der Waals surface area (Å²) in [6.07, 6.45) is 1.70. The molecule has 2 aromatic carbocycles. The van der Waals surface area contributed by atoms with E-state index in [9.17, 15) is 19.7 Å². The number of ether oxygens (including phenoxy) is 1. The van der Waals surface area contributed by atoms with E-state index in [1.807, 2.05) is 13.0 Å². The maximum absolute atomic E-state index is 12.0. The fourth-order valence-electron chi connectivity index (χ4n) is 2.06. The van der Waals surface area contributed by atoms with E-state index in [0.717, 1.165) is 11.6 Å². The summed E-state index contributed by atoms with van der Waals surface area (Å²) < 4.78 is 5.31. The highest BCUT2D eigenvalue weighted by Crippen LogP contribution is 2.28. The van der Waals surface area contributed by atoms with Crippen molar-refractivity contribution in [3.63, 3.8) is 0 Å². The van der Waals surface area contributed by atoms with Gasteiger partial charge in [-0.15, -0.1) is 11.8 Å². The van der Waals surface area contributed by atoms with Crippen molar-refractivity contribution in [3.05, 3.63) is 63.7 Å². The first-order valence-corrected chi connectivity index (χ1v) is 8.74. The third-order valence-electron chi connectivity index (χ3n) is 3.31. The predicted octanol–water partition coefficient (Wildman–Crippen LogP) is 2.47. The Morgan fingerprint density at radius 3 is 2.62 bits per heavy atom. The van der Waals surface area contributed by atoms with E-state index in [1.165, 1.54) is 23.9 Å². The molecule has 2 rings (SSSR count). The zero-order chi connectivity index (χ0) is 19.1. The number of nitro benzene ring substituents is 1. The van der Waals surface area contributed by atoms with Crippen LogP contribution in [0.2, 0.25) is 0 Å². The van der Waals surface area contributed by atoms with Crippen LogP contribution in [0.5, 0.6) is 5.75 Å². The number of hydrazine groups is 1. The molecule has 0 saturated carbocycles. The molecule has 0 radical (unpaired) electrons. The second kappa shape index (κ2) is 8.86. The number of nitro groups is 1. The van der Waals surface area contributed by atoms with Crippen molar-refractivity contribution in [1.82, 2.24) is 10.9 Å². The van der Waals surface area contributed by atoms with E-state index in [0.29, 0.717) is 10.6 Å². The van der Waals surface area contributed by atoms with Crippen LogP contribution in [-0.2, 0) is 4.79 Å². The summed E-state index contributed by atoms with van der Waals surface area (Å²) in [5.41, 5.74) is 5.30. The number of nitrogens with one attached hydrogen (secondary N) is 2. The van der Waals surface area contributed by atoms with Gasteiger partial charge in [0.15, 0.2) is 6.61 Å². The highest BCUT2D eigenvalue weighted by molar-refractivity contribution is 7.98. The van der Waals surface area contributed by atoms with Crippen LogP contribution >= 0.6 is 11.8 Å². The Kier molecular flexibility index (Phi) is 6.56. The maximum Gasteiger partial charge on any atom is 0.283 e. The van der Waals surface area contributed by atoms with Crippen molar-refractivity contribution in [2.75, 3.05) is 12.9 Å². The first kappa shape index (κ1) is 19.3. The van der Waals surface area contributed by atoms with Gasteiger partial charge in [0, 0.05) is 11.6 Å². The zero-order valence-corrected chi connectivity index (χ0v) is 15.0. The van der Waals surface area contributed by atoms with Gasteiger partial charge in [0.1, 0.15) is 5.75 Å². The monoisotopic (exact) mass is 375 g/mol. The molecule has 26 heavy (non-hydrogen) atoms. The molecule has 0 aliphatic heterocycles. The van der Waals surface area contributed by atoms with Crippen molar-refractivity contribution in [1.29, 1.82) is 0 Å². The molecule has 2 amide bonds. The predicted molar refractivity (Wildman–Crippen MR) is 97.2 cm³/mol. The first-order valence-electron chi connectivity index (χ1n) is 7.52. The minimum atomic E-state index is -0.662. The standard InChI is InChI=1S/C17H17N3O5S/c1-11-4-3-5-13(8-11)25-10-16(21)18-19-17(22)12-6-7-15(26-2)14(9-12)20(23)24/h3-9H,10H2,1-2H3,(H,18,21)(H,19,22). The minimum Gasteiger partial charge on any atom is -0.484 e. The molecular weight excluding hydrogens is 358 g/mol. The van der Waals surface area contributed by atoms with Gasteiger partial charge in [0.05, 0.1) is 9.82 Å². The topological polar surface area (TPSA) is 111 Å². The first-order chi connectivity index (χ1) is 12.4. The Balaban J connectivity index is 1.90. The summed E-state index contributed by atoms with van der Waals surface area (Å²) in [6, 6.07) is 11.3. The summed E-state index contributed by atoms with van der Waals surface area (Å²) in [5.74, 6) is -0.686. The van der Waals surface area contributed by atoms with E-state index in [4.69, 9.17) is 4.74 Å². The van der Waals surface area contributed by atoms with E-state index in [1.54, 1.807) is 24.5 Å². The van der Waals surface area contributed by atoms with Gasteiger partial charge in [-0.25, -0.2) is 0 Å². The van der Waals surface area contributed by atoms with Crippen LogP contribution in [0.3, 0.4) is 0 Å². The summed E-state index contributed by atoms with van der Waals surface area (Å²) in [5, 5.41) is 11.0. The third-order valence-corrected chi connectivity index (χ3v) is 4.10. The molecule has 0 unspecified atom stereocenters. The summed E-state index contributed by atoms with van der Waals surface area (Å²) in [4.78, 5) is 34.7. The van der Waals surface area contributed by atoms with E-state index >= 15 is 0 Å². The minimum absolute atomic E-state index is 0.0643. The second-order valence-corrected chi connectivity index (χ2v) is 6.10. The van der Waals surface area contributed by atoms with E-state index in [-0.39, 0.29) is 17.9 Å². The second-order valence-electron chi connectivity index (χ2n) is 5.25. The number of carbonyl (C=O) groups is 2. The Morgan fingerprint density at radius 2 is 1.96 bits per heavy atom. The fraction of sp³-hybridized carbons (Fsp3) is 0.176. The van der Waals surface area contributed by atoms with Crippen LogP contribution in [0, 0.1) is 17.0 Å².